The molecule has 1 aromatic rings. The second kappa shape index (κ2) is 8.78. The molecule has 0 saturated heterocycles. The van der Waals surface area contributed by atoms with Crippen LogP contribution in [-0.2, 0) is 0 Å². The van der Waals surface area contributed by atoms with Gasteiger partial charge in [0.1, 0.15) is 0 Å². The first-order valence-corrected chi connectivity index (χ1v) is 8.18. The number of benzene rings is 1. The average Bonchev–Trinajstić information content (AvgIpc) is 2.43. The number of nitrogens with two attached hydrogens (primary N) is 1. The number of rotatable bonds is 8. The van der Waals surface area contributed by atoms with Crippen molar-refractivity contribution in [1.29, 1.82) is 0 Å². The van der Waals surface area contributed by atoms with Crippen molar-refractivity contribution in [3.8, 4) is 0 Å². The van der Waals surface area contributed by atoms with Gasteiger partial charge in [-0.1, -0.05) is 41.1 Å². The number of hydrogen-bond donors (Lipinski definition) is 2. The van der Waals surface area contributed by atoms with Crippen molar-refractivity contribution in [3.63, 3.8) is 0 Å². The minimum atomic E-state index is 0.0785. The van der Waals surface area contributed by atoms with Gasteiger partial charge < -0.3 is 10.8 Å². The number of aliphatic hydroxyl groups is 1. The second-order valence-corrected chi connectivity index (χ2v) is 6.30. The van der Waals surface area contributed by atoms with Gasteiger partial charge in [-0.05, 0) is 38.3 Å². The smallest absolute Gasteiger partial charge is 0.0512 e. The van der Waals surface area contributed by atoms with Crippen LogP contribution in [0.15, 0.2) is 28.7 Å². The van der Waals surface area contributed by atoms with E-state index in [1.54, 1.807) is 0 Å². The Hall–Kier alpha value is -0.420. The molecule has 3 nitrogen and oxygen atoms in total. The van der Waals surface area contributed by atoms with Crippen LogP contribution in [0.4, 0.5) is 0 Å². The van der Waals surface area contributed by atoms with E-state index in [9.17, 15) is 0 Å². The second-order valence-electron chi connectivity index (χ2n) is 5.45. The van der Waals surface area contributed by atoms with Gasteiger partial charge in [-0.25, -0.2) is 0 Å². The molecule has 0 heterocycles. The molecule has 3 N–H and O–H groups in total. The molecule has 0 aromatic heterocycles. The first-order valence-electron chi connectivity index (χ1n) is 7.39. The molecular formula is C16H27BrN2O. The van der Waals surface area contributed by atoms with E-state index in [0.29, 0.717) is 6.04 Å². The molecule has 2 atom stereocenters. The molecule has 0 bridgehead atoms. The van der Waals surface area contributed by atoms with Crippen LogP contribution in [0.25, 0.3) is 0 Å². The van der Waals surface area contributed by atoms with Gasteiger partial charge in [0.25, 0.3) is 0 Å². The third-order valence-electron chi connectivity index (χ3n) is 3.70. The van der Waals surface area contributed by atoms with Crippen LogP contribution in [0, 0.1) is 0 Å². The van der Waals surface area contributed by atoms with Gasteiger partial charge in [-0.3, -0.25) is 4.90 Å². The van der Waals surface area contributed by atoms with E-state index in [1.807, 2.05) is 6.07 Å². The molecule has 0 aliphatic rings. The molecule has 1 rings (SSSR count). The number of hydrogen-bond acceptors (Lipinski definition) is 3. The van der Waals surface area contributed by atoms with Crippen LogP contribution in [0.1, 0.15) is 45.2 Å². The third-order valence-corrected chi connectivity index (χ3v) is 4.42. The Kier molecular flexibility index (Phi) is 7.74. The maximum absolute atomic E-state index is 9.13. The summed E-state index contributed by atoms with van der Waals surface area (Å²) in [5.41, 5.74) is 7.63. The van der Waals surface area contributed by atoms with Crippen molar-refractivity contribution >= 4 is 15.9 Å². The fourth-order valence-electron chi connectivity index (χ4n) is 2.57. The zero-order valence-electron chi connectivity index (χ0n) is 12.7. The maximum atomic E-state index is 9.13. The summed E-state index contributed by atoms with van der Waals surface area (Å²) in [6.07, 6.45) is 1.70. The molecule has 0 saturated carbocycles. The molecule has 1 aromatic carbocycles. The first kappa shape index (κ1) is 17.6. The Bertz CT molecular complexity index is 398. The molecule has 0 spiro atoms. The predicted molar refractivity (Wildman–Crippen MR) is 88.7 cm³/mol. The zero-order chi connectivity index (χ0) is 15.1. The summed E-state index contributed by atoms with van der Waals surface area (Å²) in [7, 11) is 0. The Morgan fingerprint density at radius 3 is 2.45 bits per heavy atom. The van der Waals surface area contributed by atoms with Crippen molar-refractivity contribution < 1.29 is 5.11 Å². The minimum Gasteiger partial charge on any atom is -0.396 e. The Balaban J connectivity index is 3.12. The summed E-state index contributed by atoms with van der Waals surface area (Å²) in [4.78, 5) is 2.39. The summed E-state index contributed by atoms with van der Waals surface area (Å²) in [6.45, 7) is 7.56. The summed E-state index contributed by atoms with van der Waals surface area (Å²) in [5, 5.41) is 9.13. The fraction of sp³-hybridized carbons (Fsp3) is 0.625. The van der Waals surface area contributed by atoms with E-state index in [2.05, 4.69) is 59.8 Å². The van der Waals surface area contributed by atoms with E-state index >= 15 is 0 Å². The van der Waals surface area contributed by atoms with Crippen LogP contribution in [0.3, 0.4) is 0 Å². The van der Waals surface area contributed by atoms with Crippen LogP contribution < -0.4 is 5.73 Å². The number of halogens is 1. The standard InChI is InChI=1S/C16H27BrN2O/c1-4-15(18)16(13-8-5-6-9-14(13)17)19(12(2)3)10-7-11-20/h5-6,8-9,12,15-16,20H,4,7,10-11,18H2,1-3H3. The fourth-order valence-corrected chi connectivity index (χ4v) is 3.08. The highest BCUT2D eigenvalue weighted by Gasteiger charge is 2.28. The number of nitrogens with zero attached hydrogens (tertiary/aromatic N) is 1. The monoisotopic (exact) mass is 342 g/mol. The molecule has 0 aliphatic carbocycles. The summed E-state index contributed by atoms with van der Waals surface area (Å²) < 4.78 is 1.10. The number of aliphatic hydroxyl groups excluding tert-OH is 1. The van der Waals surface area contributed by atoms with Crippen molar-refractivity contribution in [2.24, 2.45) is 5.73 Å². The molecule has 0 amide bonds. The SMILES string of the molecule is CCC(N)C(c1ccccc1Br)N(CCCO)C(C)C. The lowest BCUT2D eigenvalue weighted by molar-refractivity contribution is 0.117. The molecule has 4 heteroatoms. The summed E-state index contributed by atoms with van der Waals surface area (Å²) in [6, 6.07) is 8.91. The predicted octanol–water partition coefficient (Wildman–Crippen LogP) is 3.32. The van der Waals surface area contributed by atoms with Gasteiger partial charge in [0.2, 0.25) is 0 Å². The van der Waals surface area contributed by atoms with Crippen molar-refractivity contribution in [3.05, 3.63) is 34.3 Å². The Morgan fingerprint density at radius 1 is 1.30 bits per heavy atom. The molecule has 114 valence electrons. The lowest BCUT2D eigenvalue weighted by atomic mass is 9.95. The third kappa shape index (κ3) is 4.55. The van der Waals surface area contributed by atoms with Crippen molar-refractivity contribution in [2.45, 2.75) is 51.7 Å². The van der Waals surface area contributed by atoms with Gasteiger partial charge in [-0.15, -0.1) is 0 Å². The van der Waals surface area contributed by atoms with E-state index in [1.165, 1.54) is 5.56 Å². The van der Waals surface area contributed by atoms with Gasteiger partial charge in [0.05, 0.1) is 6.04 Å². The van der Waals surface area contributed by atoms with Crippen molar-refractivity contribution in [2.75, 3.05) is 13.2 Å². The van der Waals surface area contributed by atoms with E-state index in [0.717, 1.165) is 23.9 Å². The lowest BCUT2D eigenvalue weighted by Crippen LogP contribution is -2.45. The summed E-state index contributed by atoms with van der Waals surface area (Å²) in [5.74, 6) is 0. The van der Waals surface area contributed by atoms with E-state index in [4.69, 9.17) is 10.8 Å². The van der Waals surface area contributed by atoms with Gasteiger partial charge in [0, 0.05) is 29.7 Å². The zero-order valence-corrected chi connectivity index (χ0v) is 14.3. The first-order chi connectivity index (χ1) is 9.52. The van der Waals surface area contributed by atoms with Crippen LogP contribution >= 0.6 is 15.9 Å². The minimum absolute atomic E-state index is 0.0785. The lowest BCUT2D eigenvalue weighted by Gasteiger charge is -2.39. The van der Waals surface area contributed by atoms with E-state index in [-0.39, 0.29) is 18.7 Å². The summed E-state index contributed by atoms with van der Waals surface area (Å²) >= 11 is 3.65. The van der Waals surface area contributed by atoms with Crippen molar-refractivity contribution in [1.82, 2.24) is 4.90 Å². The largest absolute Gasteiger partial charge is 0.396 e. The average molecular weight is 343 g/mol. The van der Waals surface area contributed by atoms with Gasteiger partial charge >= 0.3 is 0 Å². The van der Waals surface area contributed by atoms with Gasteiger partial charge in [0.15, 0.2) is 0 Å². The molecule has 0 radical (unpaired) electrons. The molecular weight excluding hydrogens is 316 g/mol. The highest BCUT2D eigenvalue weighted by Crippen LogP contribution is 2.32. The normalized spacial score (nSPS) is 14.8. The topological polar surface area (TPSA) is 49.5 Å². The Morgan fingerprint density at radius 2 is 1.95 bits per heavy atom. The molecule has 0 aliphatic heterocycles. The highest BCUT2D eigenvalue weighted by molar-refractivity contribution is 9.10. The maximum Gasteiger partial charge on any atom is 0.0512 e. The molecule has 0 fully saturated rings. The quantitative estimate of drug-likeness (QED) is 0.761. The van der Waals surface area contributed by atoms with Crippen LogP contribution in [0.2, 0.25) is 0 Å². The van der Waals surface area contributed by atoms with Crippen LogP contribution in [0.5, 0.6) is 0 Å². The van der Waals surface area contributed by atoms with Gasteiger partial charge in [-0.2, -0.15) is 0 Å². The van der Waals surface area contributed by atoms with E-state index < -0.39 is 0 Å². The highest BCUT2D eigenvalue weighted by atomic mass is 79.9. The van der Waals surface area contributed by atoms with Crippen LogP contribution in [-0.4, -0.2) is 35.2 Å². The Labute approximate surface area is 131 Å². The molecule has 20 heavy (non-hydrogen) atoms. The molecule has 2 unspecified atom stereocenters.